The largest absolute Gasteiger partial charge is 0.355 e. The molecule has 0 unspecified atom stereocenters. The van der Waals surface area contributed by atoms with Crippen molar-refractivity contribution < 1.29 is 17.6 Å². The molecular weight excluding hydrogens is 375 g/mol. The lowest BCUT2D eigenvalue weighted by atomic mass is 9.99. The van der Waals surface area contributed by atoms with Gasteiger partial charge in [0.25, 0.3) is 10.0 Å². The molecule has 0 aliphatic carbocycles. The van der Waals surface area contributed by atoms with E-state index >= 15 is 0 Å². The van der Waals surface area contributed by atoms with Crippen LogP contribution in [0.25, 0.3) is 0 Å². The SMILES string of the molecule is O=C(NCCc1cccc(F)c1)[C@H]1CCCN(S(=O)(=O)c2cccs2)C1. The highest BCUT2D eigenvalue weighted by atomic mass is 32.2. The van der Waals surface area contributed by atoms with Crippen molar-refractivity contribution in [1.29, 1.82) is 0 Å². The first-order valence-electron chi connectivity index (χ1n) is 8.52. The number of carbonyl (C=O) groups is 1. The monoisotopic (exact) mass is 396 g/mol. The van der Waals surface area contributed by atoms with E-state index < -0.39 is 10.0 Å². The molecule has 1 saturated heterocycles. The number of nitrogens with zero attached hydrogens (tertiary/aromatic N) is 1. The molecule has 5 nitrogen and oxygen atoms in total. The van der Waals surface area contributed by atoms with Gasteiger partial charge in [-0.1, -0.05) is 18.2 Å². The number of sulfonamides is 1. The normalized spacial score (nSPS) is 18.6. The van der Waals surface area contributed by atoms with E-state index in [-0.39, 0.29) is 24.2 Å². The molecule has 1 aromatic heterocycles. The number of piperidine rings is 1. The molecule has 8 heteroatoms. The van der Waals surface area contributed by atoms with Crippen molar-refractivity contribution in [3.05, 3.63) is 53.2 Å². The van der Waals surface area contributed by atoms with Gasteiger partial charge in [0, 0.05) is 19.6 Å². The van der Waals surface area contributed by atoms with Gasteiger partial charge in [-0.2, -0.15) is 4.31 Å². The number of hydrogen-bond donors (Lipinski definition) is 1. The summed E-state index contributed by atoms with van der Waals surface area (Å²) in [5.74, 6) is -0.797. The molecule has 3 rings (SSSR count). The molecule has 0 saturated carbocycles. The summed E-state index contributed by atoms with van der Waals surface area (Å²) >= 11 is 1.18. The summed E-state index contributed by atoms with van der Waals surface area (Å²) in [4.78, 5) is 12.4. The lowest BCUT2D eigenvalue weighted by Crippen LogP contribution is -2.45. The third-order valence-electron chi connectivity index (χ3n) is 4.45. The molecule has 0 radical (unpaired) electrons. The van der Waals surface area contributed by atoms with Gasteiger partial charge >= 0.3 is 0 Å². The fraction of sp³-hybridized carbons (Fsp3) is 0.389. The number of thiophene rings is 1. The Bertz CT molecular complexity index is 853. The predicted octanol–water partition coefficient (Wildman–Crippen LogP) is 2.65. The molecule has 140 valence electrons. The summed E-state index contributed by atoms with van der Waals surface area (Å²) < 4.78 is 40.1. The van der Waals surface area contributed by atoms with Gasteiger partial charge in [-0.3, -0.25) is 4.79 Å². The standard InChI is InChI=1S/C18H21FN2O3S2/c19-16-6-1-4-14(12-16)8-9-20-18(22)15-5-2-10-21(13-15)26(23,24)17-7-3-11-25-17/h1,3-4,6-7,11-12,15H,2,5,8-10,13H2,(H,20,22)/t15-/m0/s1. The van der Waals surface area contributed by atoms with Gasteiger partial charge in [0.1, 0.15) is 10.0 Å². The number of rotatable bonds is 6. The predicted molar refractivity (Wildman–Crippen MR) is 98.9 cm³/mol. The van der Waals surface area contributed by atoms with Crippen LogP contribution in [0, 0.1) is 11.7 Å². The van der Waals surface area contributed by atoms with Crippen LogP contribution in [0.5, 0.6) is 0 Å². The van der Waals surface area contributed by atoms with Crippen LogP contribution in [0.3, 0.4) is 0 Å². The van der Waals surface area contributed by atoms with E-state index in [0.717, 1.165) is 5.56 Å². The molecular formula is C18H21FN2O3S2. The molecule has 1 aliphatic heterocycles. The molecule has 1 atom stereocenters. The Morgan fingerprint density at radius 1 is 1.31 bits per heavy atom. The molecule has 2 heterocycles. The molecule has 0 bridgehead atoms. The van der Waals surface area contributed by atoms with E-state index in [1.807, 2.05) is 6.07 Å². The highest BCUT2D eigenvalue weighted by molar-refractivity contribution is 7.91. The number of hydrogen-bond acceptors (Lipinski definition) is 4. The maximum atomic E-state index is 13.2. The zero-order chi connectivity index (χ0) is 18.6. The summed E-state index contributed by atoms with van der Waals surface area (Å²) in [5, 5.41) is 4.58. The Labute approximate surface area is 156 Å². The molecule has 1 aromatic carbocycles. The van der Waals surface area contributed by atoms with Crippen LogP contribution < -0.4 is 5.32 Å². The zero-order valence-corrected chi connectivity index (χ0v) is 15.9. The second-order valence-electron chi connectivity index (χ2n) is 6.31. The number of carbonyl (C=O) groups excluding carboxylic acids is 1. The second-order valence-corrected chi connectivity index (χ2v) is 9.42. The van der Waals surface area contributed by atoms with E-state index in [0.29, 0.717) is 36.6 Å². The Morgan fingerprint density at radius 2 is 2.15 bits per heavy atom. The molecule has 1 amide bonds. The number of halogens is 1. The summed E-state index contributed by atoms with van der Waals surface area (Å²) in [5.41, 5.74) is 0.816. The summed E-state index contributed by atoms with van der Waals surface area (Å²) in [6.07, 6.45) is 1.86. The zero-order valence-electron chi connectivity index (χ0n) is 14.2. The van der Waals surface area contributed by atoms with Gasteiger partial charge in [-0.25, -0.2) is 12.8 Å². The van der Waals surface area contributed by atoms with Crippen LogP contribution in [-0.2, 0) is 21.2 Å². The van der Waals surface area contributed by atoms with Gasteiger partial charge in [0.15, 0.2) is 0 Å². The Kier molecular flexibility index (Phi) is 6.05. The van der Waals surface area contributed by atoms with Gasteiger partial charge in [-0.15, -0.1) is 11.3 Å². The van der Waals surface area contributed by atoms with E-state index in [9.17, 15) is 17.6 Å². The smallest absolute Gasteiger partial charge is 0.252 e. The van der Waals surface area contributed by atoms with Crippen molar-refractivity contribution in [1.82, 2.24) is 9.62 Å². The van der Waals surface area contributed by atoms with Crippen LogP contribution in [0.1, 0.15) is 18.4 Å². The first-order valence-corrected chi connectivity index (χ1v) is 10.8. The minimum Gasteiger partial charge on any atom is -0.355 e. The van der Waals surface area contributed by atoms with Crippen molar-refractivity contribution in [2.45, 2.75) is 23.5 Å². The summed E-state index contributed by atoms with van der Waals surface area (Å²) in [6, 6.07) is 9.57. The third-order valence-corrected chi connectivity index (χ3v) is 7.68. The summed E-state index contributed by atoms with van der Waals surface area (Å²) in [6.45, 7) is 1.04. The highest BCUT2D eigenvalue weighted by Crippen LogP contribution is 2.26. The molecule has 1 N–H and O–H groups in total. The lowest BCUT2D eigenvalue weighted by Gasteiger charge is -2.30. The van der Waals surface area contributed by atoms with Crippen LogP contribution in [0.4, 0.5) is 4.39 Å². The van der Waals surface area contributed by atoms with Crippen molar-refractivity contribution in [2.24, 2.45) is 5.92 Å². The third kappa shape index (κ3) is 4.49. The number of nitrogens with one attached hydrogen (secondary N) is 1. The van der Waals surface area contributed by atoms with Gasteiger partial charge < -0.3 is 5.32 Å². The van der Waals surface area contributed by atoms with E-state index in [4.69, 9.17) is 0 Å². The minimum absolute atomic E-state index is 0.146. The quantitative estimate of drug-likeness (QED) is 0.816. The Morgan fingerprint density at radius 3 is 2.88 bits per heavy atom. The molecule has 2 aromatic rings. The fourth-order valence-electron chi connectivity index (χ4n) is 3.08. The summed E-state index contributed by atoms with van der Waals surface area (Å²) in [7, 11) is -3.52. The van der Waals surface area contributed by atoms with Gasteiger partial charge in [0.05, 0.1) is 5.92 Å². The van der Waals surface area contributed by atoms with Crippen LogP contribution >= 0.6 is 11.3 Å². The first-order chi connectivity index (χ1) is 12.5. The molecule has 26 heavy (non-hydrogen) atoms. The van der Waals surface area contributed by atoms with Crippen molar-refractivity contribution in [3.63, 3.8) is 0 Å². The Balaban J connectivity index is 1.55. The number of benzene rings is 1. The minimum atomic E-state index is -3.52. The maximum Gasteiger partial charge on any atom is 0.252 e. The van der Waals surface area contributed by atoms with E-state index in [1.54, 1.807) is 23.6 Å². The van der Waals surface area contributed by atoms with Crippen LogP contribution in [-0.4, -0.2) is 38.3 Å². The maximum absolute atomic E-state index is 13.2. The van der Waals surface area contributed by atoms with Gasteiger partial charge in [-0.05, 0) is 48.4 Å². The van der Waals surface area contributed by atoms with Crippen LogP contribution in [0.15, 0.2) is 46.0 Å². The Hall–Kier alpha value is -1.77. The fourth-order valence-corrected chi connectivity index (χ4v) is 5.75. The highest BCUT2D eigenvalue weighted by Gasteiger charge is 2.33. The lowest BCUT2D eigenvalue weighted by molar-refractivity contribution is -0.126. The second kappa shape index (κ2) is 8.28. The molecule has 1 aliphatic rings. The van der Waals surface area contributed by atoms with E-state index in [1.165, 1.54) is 27.8 Å². The van der Waals surface area contributed by atoms with Gasteiger partial charge in [0.2, 0.25) is 5.91 Å². The average molecular weight is 397 g/mol. The van der Waals surface area contributed by atoms with Crippen LogP contribution in [0.2, 0.25) is 0 Å². The molecule has 1 fully saturated rings. The topological polar surface area (TPSA) is 66.5 Å². The van der Waals surface area contributed by atoms with Crippen molar-refractivity contribution in [3.8, 4) is 0 Å². The average Bonchev–Trinajstić information content (AvgIpc) is 3.17. The van der Waals surface area contributed by atoms with Crippen molar-refractivity contribution in [2.75, 3.05) is 19.6 Å². The van der Waals surface area contributed by atoms with Crippen molar-refractivity contribution >= 4 is 27.3 Å². The first kappa shape index (κ1) is 19.0. The van der Waals surface area contributed by atoms with E-state index in [2.05, 4.69) is 5.32 Å². The molecule has 0 spiro atoms. The number of amides is 1.